The highest BCUT2D eigenvalue weighted by molar-refractivity contribution is 2.14. The van der Waals surface area contributed by atoms with E-state index in [-0.39, 0.29) is 58.8 Å². The van der Waals surface area contributed by atoms with E-state index in [1.165, 1.54) is 0 Å². The summed E-state index contributed by atoms with van der Waals surface area (Å²) in [5.41, 5.74) is 0. The Morgan fingerprint density at radius 2 is 0.200 bits per heavy atom. The molecule has 0 radical (unpaired) electrons. The van der Waals surface area contributed by atoms with Crippen LogP contribution in [0.4, 0.5) is 0 Å². The maximum absolute atomic E-state index is 0. The molecular formula is H26N6O4. The van der Waals surface area contributed by atoms with Gasteiger partial charge in [0.15, 0.2) is 0 Å². The van der Waals surface area contributed by atoms with E-state index in [9.17, 15) is 0 Å². The van der Waals surface area contributed by atoms with Crippen LogP contribution in [0.2, 0.25) is 0 Å². The molecule has 10 nitrogen and oxygen atoms in total. The molecule has 0 saturated carbocycles. The Bertz CT molecular complexity index is 9.71. The van der Waals surface area contributed by atoms with E-state index in [0.717, 1.165) is 0 Å². The average Bonchev–Trinajstić information content (AvgIpc) is 0. The SMILES string of the molecule is N.N.N.N.N.N.O.O.O.O. The third-order valence-electron chi connectivity index (χ3n) is 0. The topological polar surface area (TPSA) is 336 Å². The fraction of sp³-hybridized carbons (Fsp3) is 0. The second-order valence-electron chi connectivity index (χ2n) is 0. The highest BCUT2D eigenvalue weighted by Gasteiger charge is -0.339. The molecule has 0 aromatic carbocycles. The summed E-state index contributed by atoms with van der Waals surface area (Å²) in [7, 11) is 0. The van der Waals surface area contributed by atoms with Crippen LogP contribution in [0, 0.1) is 0 Å². The first-order chi connectivity index (χ1) is 0. The summed E-state index contributed by atoms with van der Waals surface area (Å²) in [4.78, 5) is 0. The van der Waals surface area contributed by atoms with Crippen molar-refractivity contribution in [3.63, 3.8) is 0 Å². The smallest absolute Gasteiger partial charge is 0.344 e. The largest absolute Gasteiger partial charge is 0.412 e. The summed E-state index contributed by atoms with van der Waals surface area (Å²) in [6.45, 7) is 0. The lowest BCUT2D eigenvalue weighted by atomic mass is 14.0. The van der Waals surface area contributed by atoms with E-state index >= 15 is 0 Å². The molecule has 0 amide bonds. The lowest BCUT2D eigenvalue weighted by Crippen LogP contribution is -0.482. The van der Waals surface area contributed by atoms with Gasteiger partial charge >= 0.3 is 0 Å². The quantitative estimate of drug-likeness (QED) is 0.233. The van der Waals surface area contributed by atoms with Crippen LogP contribution in [0.15, 0.2) is 0 Å². The maximum Gasteiger partial charge on any atom is -0.344 e. The Hall–Kier alpha value is -0.400. The highest BCUT2D eigenvalue weighted by atomic mass is 16.0. The van der Waals surface area contributed by atoms with Crippen molar-refractivity contribution >= 4 is 0 Å². The van der Waals surface area contributed by atoms with Crippen LogP contribution in [0.25, 0.3) is 0 Å². The predicted molar refractivity (Wildman–Crippen MR) is 44.6 cm³/mol. The van der Waals surface area contributed by atoms with Crippen LogP contribution in [0.1, 0.15) is 0 Å². The van der Waals surface area contributed by atoms with Gasteiger partial charge in [-0.3, -0.25) is 0 Å². The van der Waals surface area contributed by atoms with Crippen molar-refractivity contribution in [3.05, 3.63) is 0 Å². The van der Waals surface area contributed by atoms with E-state index < -0.39 is 0 Å². The fourth-order valence-electron chi connectivity index (χ4n) is 0. The zero-order valence-electron chi connectivity index (χ0n) is 6.24. The molecule has 0 saturated heterocycles. The summed E-state index contributed by atoms with van der Waals surface area (Å²) < 4.78 is 0. The van der Waals surface area contributed by atoms with Crippen molar-refractivity contribution < 1.29 is 21.9 Å². The van der Waals surface area contributed by atoms with Gasteiger partial charge in [0, 0.05) is 0 Å². The summed E-state index contributed by atoms with van der Waals surface area (Å²) >= 11 is 0. The fourth-order valence-corrected chi connectivity index (χ4v) is 0. The molecular weight excluding hydrogens is 148 g/mol. The van der Waals surface area contributed by atoms with Crippen LogP contribution in [-0.2, 0) is 0 Å². The molecule has 0 aliphatic carbocycles. The van der Waals surface area contributed by atoms with Gasteiger partial charge in [-0.15, -0.1) is 0 Å². The summed E-state index contributed by atoms with van der Waals surface area (Å²) in [5.74, 6) is 0. The summed E-state index contributed by atoms with van der Waals surface area (Å²) in [5, 5.41) is 0. The van der Waals surface area contributed by atoms with Gasteiger partial charge in [0.25, 0.3) is 0 Å². The zero-order valence-corrected chi connectivity index (χ0v) is 6.24. The van der Waals surface area contributed by atoms with Gasteiger partial charge in [-0.25, -0.2) is 0 Å². The van der Waals surface area contributed by atoms with Gasteiger partial charge < -0.3 is 58.8 Å². The van der Waals surface area contributed by atoms with Gasteiger partial charge in [0.2, 0.25) is 0 Å². The first-order valence-corrected chi connectivity index (χ1v) is 0. The van der Waals surface area contributed by atoms with Gasteiger partial charge in [0.1, 0.15) is 0 Å². The second-order valence-corrected chi connectivity index (χ2v) is 0. The third-order valence-corrected chi connectivity index (χ3v) is 0. The standard InChI is InChI=1S/6H3N.4H2O/h6*1H3;4*1H2. The van der Waals surface area contributed by atoms with Crippen molar-refractivity contribution in [2.75, 3.05) is 0 Å². The maximum atomic E-state index is 0. The predicted octanol–water partition coefficient (Wildman–Crippen LogP) is -2.33. The molecule has 0 heterocycles. The molecule has 10 heteroatoms. The molecule has 0 unspecified atom stereocenters. The molecule has 10 heavy (non-hydrogen) atoms. The summed E-state index contributed by atoms with van der Waals surface area (Å²) in [6.07, 6.45) is 0. The molecule has 80 valence electrons. The highest BCUT2D eigenvalue weighted by Crippen LogP contribution is -0.286. The minimum Gasteiger partial charge on any atom is -0.412 e. The van der Waals surface area contributed by atoms with E-state index in [0.29, 0.717) is 0 Å². The van der Waals surface area contributed by atoms with Gasteiger partial charge in [0.05, 0.1) is 0 Å². The Morgan fingerprint density at radius 1 is 0.200 bits per heavy atom. The Morgan fingerprint density at radius 3 is 0.200 bits per heavy atom. The normalized spacial score (nSPS) is 0. The minimum absolute atomic E-state index is 0. The van der Waals surface area contributed by atoms with Crippen LogP contribution in [-0.4, -0.2) is 21.9 Å². The van der Waals surface area contributed by atoms with Crippen molar-refractivity contribution in [3.8, 4) is 0 Å². The van der Waals surface area contributed by atoms with E-state index in [4.69, 9.17) is 0 Å². The second kappa shape index (κ2) is 3100. The minimum atomic E-state index is 0. The molecule has 0 bridgehead atoms. The van der Waals surface area contributed by atoms with Crippen LogP contribution >= 0.6 is 0 Å². The lowest BCUT2D eigenvalue weighted by molar-refractivity contribution is 0.823. The van der Waals surface area contributed by atoms with Crippen molar-refractivity contribution in [1.29, 1.82) is 0 Å². The third kappa shape index (κ3) is 2070. The number of hydrogen-bond acceptors (Lipinski definition) is 6. The molecule has 0 aromatic heterocycles. The monoisotopic (exact) mass is 174 g/mol. The molecule has 0 fully saturated rings. The first-order valence-electron chi connectivity index (χ1n) is 0. The van der Waals surface area contributed by atoms with Crippen LogP contribution in [0.5, 0.6) is 0 Å². The van der Waals surface area contributed by atoms with Crippen molar-refractivity contribution in [2.24, 2.45) is 0 Å². The van der Waals surface area contributed by atoms with Gasteiger partial charge in [-0.05, 0) is 0 Å². The molecule has 0 atom stereocenters. The molecule has 0 aromatic rings. The van der Waals surface area contributed by atoms with Crippen LogP contribution < -0.4 is 36.9 Å². The van der Waals surface area contributed by atoms with E-state index in [2.05, 4.69) is 0 Å². The number of hydrogen-bond donors (Lipinski definition) is 6. The lowest BCUT2D eigenvalue weighted by Gasteiger charge is -0.413. The molecule has 0 aliphatic heterocycles. The number of rotatable bonds is 0. The molecule has 0 aliphatic rings. The molecule has 0 rings (SSSR count). The Labute approximate surface area is 60.1 Å². The summed E-state index contributed by atoms with van der Waals surface area (Å²) in [6, 6.07) is 0. The van der Waals surface area contributed by atoms with Crippen LogP contribution in [0.3, 0.4) is 0 Å². The Balaban J connectivity index is 0. The molecule has 0 spiro atoms. The first kappa shape index (κ1) is 4440. The van der Waals surface area contributed by atoms with Gasteiger partial charge in [-0.2, -0.15) is 0 Å². The Kier molecular flexibility index (Phi) is 1380000. The van der Waals surface area contributed by atoms with E-state index in [1.54, 1.807) is 0 Å². The van der Waals surface area contributed by atoms with Gasteiger partial charge in [-0.1, -0.05) is 0 Å². The van der Waals surface area contributed by atoms with Crippen molar-refractivity contribution in [1.82, 2.24) is 36.9 Å². The van der Waals surface area contributed by atoms with E-state index in [1.807, 2.05) is 0 Å². The zero-order chi connectivity index (χ0) is 0. The average molecular weight is 174 g/mol. The molecule has 26 N–H and O–H groups in total. The van der Waals surface area contributed by atoms with Crippen molar-refractivity contribution in [2.45, 2.75) is 0 Å².